The molecule has 3 fully saturated rings. The summed E-state index contributed by atoms with van der Waals surface area (Å²) in [6, 6.07) is 1.13. The summed E-state index contributed by atoms with van der Waals surface area (Å²) in [6.07, 6.45) is 8.49. The van der Waals surface area contributed by atoms with Crippen molar-refractivity contribution in [2.75, 3.05) is 38.1 Å². The number of piperazine rings is 1. The molecule has 0 aromatic carbocycles. The van der Waals surface area contributed by atoms with E-state index in [-0.39, 0.29) is 11.8 Å². The van der Waals surface area contributed by atoms with Gasteiger partial charge in [-0.25, -0.2) is 9.97 Å². The molecule has 3 aliphatic heterocycles. The van der Waals surface area contributed by atoms with Crippen LogP contribution in [-0.2, 0) is 11.3 Å². The Hall–Kier alpha value is -1.53. The molecular weight excluding hydrogens is 362 g/mol. The molecule has 0 saturated carbocycles. The van der Waals surface area contributed by atoms with Gasteiger partial charge in [-0.2, -0.15) is 0 Å². The van der Waals surface area contributed by atoms with E-state index in [1.807, 2.05) is 40.1 Å². The third-order valence-corrected chi connectivity index (χ3v) is 6.55. The first-order chi connectivity index (χ1) is 14.0. The topological polar surface area (TPSA) is 52.6 Å². The first-order valence-corrected chi connectivity index (χ1v) is 11.5. The van der Waals surface area contributed by atoms with Gasteiger partial charge in [-0.05, 0) is 45.8 Å². The molecule has 1 aromatic rings. The minimum atomic E-state index is 0.160. The van der Waals surface area contributed by atoms with E-state index >= 15 is 0 Å². The lowest BCUT2D eigenvalue weighted by molar-refractivity contribution is -0.127. The van der Waals surface area contributed by atoms with Crippen LogP contribution in [0.5, 0.6) is 0 Å². The number of anilines is 1. The molecule has 4 rings (SSSR count). The third kappa shape index (κ3) is 5.15. The molecule has 162 valence electrons. The minimum absolute atomic E-state index is 0.160. The number of Topliss-reactive ketones (excluding diaryl/α,β-unsaturated/α-hetero) is 1. The minimum Gasteiger partial charge on any atom is -0.332 e. The quantitative estimate of drug-likeness (QED) is 0.755. The second-order valence-electron chi connectivity index (χ2n) is 9.01. The first kappa shape index (κ1) is 22.2. The number of aromatic nitrogens is 2. The number of hydrogen-bond acceptors (Lipinski definition) is 6. The average Bonchev–Trinajstić information content (AvgIpc) is 3.01. The van der Waals surface area contributed by atoms with Crippen LogP contribution in [0.4, 0.5) is 5.95 Å². The van der Waals surface area contributed by atoms with Gasteiger partial charge < -0.3 is 9.80 Å². The van der Waals surface area contributed by atoms with Gasteiger partial charge in [0, 0.05) is 61.5 Å². The van der Waals surface area contributed by atoms with Gasteiger partial charge in [0.25, 0.3) is 0 Å². The van der Waals surface area contributed by atoms with E-state index in [2.05, 4.69) is 21.7 Å². The van der Waals surface area contributed by atoms with Crippen LogP contribution in [0.2, 0.25) is 0 Å². The Morgan fingerprint density at radius 3 is 2.10 bits per heavy atom. The molecule has 3 aliphatic rings. The normalized spacial score (nSPS) is 25.8. The Labute approximate surface area is 176 Å². The molecule has 6 heteroatoms. The molecule has 2 bridgehead atoms. The van der Waals surface area contributed by atoms with Gasteiger partial charge in [-0.15, -0.1) is 0 Å². The summed E-state index contributed by atoms with van der Waals surface area (Å²) < 4.78 is 0. The fourth-order valence-corrected chi connectivity index (χ4v) is 5.11. The van der Waals surface area contributed by atoms with Crippen LogP contribution in [0, 0.1) is 11.8 Å². The van der Waals surface area contributed by atoms with Gasteiger partial charge in [0.15, 0.2) is 0 Å². The fraction of sp³-hybridized carbons (Fsp3) is 0.783. The Morgan fingerprint density at radius 2 is 1.59 bits per heavy atom. The molecule has 0 amide bonds. The summed E-state index contributed by atoms with van der Waals surface area (Å²) in [5.74, 6) is 1.75. The molecule has 2 atom stereocenters. The summed E-state index contributed by atoms with van der Waals surface area (Å²) in [7, 11) is 2.21. The summed E-state index contributed by atoms with van der Waals surface area (Å²) in [4.78, 5) is 28.9. The number of carbonyl (C=O) groups excluding carboxylic acids is 1. The monoisotopic (exact) mass is 401 g/mol. The average molecular weight is 402 g/mol. The van der Waals surface area contributed by atoms with E-state index in [1.54, 1.807) is 0 Å². The predicted octanol–water partition coefficient (Wildman–Crippen LogP) is 3.22. The van der Waals surface area contributed by atoms with Crippen molar-refractivity contribution in [3.8, 4) is 0 Å². The lowest BCUT2D eigenvalue weighted by atomic mass is 9.87. The Balaban J connectivity index is 0.00000117. The summed E-state index contributed by atoms with van der Waals surface area (Å²) in [6.45, 7) is 13.1. The summed E-state index contributed by atoms with van der Waals surface area (Å²) in [5.41, 5.74) is 1.17. The second-order valence-corrected chi connectivity index (χ2v) is 9.01. The van der Waals surface area contributed by atoms with Crippen LogP contribution in [-0.4, -0.2) is 70.9 Å². The highest BCUT2D eigenvalue weighted by Gasteiger charge is 2.40. The maximum absolute atomic E-state index is 12.2. The molecule has 0 radical (unpaired) electrons. The number of fused-ring (bicyclic) bond motifs is 2. The zero-order chi connectivity index (χ0) is 21.0. The Bertz CT molecular complexity index is 640. The summed E-state index contributed by atoms with van der Waals surface area (Å²) >= 11 is 0. The Kier molecular flexibility index (Phi) is 7.63. The van der Waals surface area contributed by atoms with E-state index in [1.165, 1.54) is 18.4 Å². The molecule has 0 spiro atoms. The number of nitrogens with zero attached hydrogens (tertiary/aromatic N) is 5. The second kappa shape index (κ2) is 9.98. The molecule has 4 heterocycles. The number of rotatable bonds is 5. The zero-order valence-electron chi connectivity index (χ0n) is 19.0. The lowest BCUT2D eigenvalue weighted by Crippen LogP contribution is -2.53. The van der Waals surface area contributed by atoms with Crippen molar-refractivity contribution in [1.82, 2.24) is 19.8 Å². The van der Waals surface area contributed by atoms with E-state index in [0.717, 1.165) is 51.5 Å². The highest BCUT2D eigenvalue weighted by Crippen LogP contribution is 2.32. The van der Waals surface area contributed by atoms with Gasteiger partial charge in [0.2, 0.25) is 5.95 Å². The molecule has 3 saturated heterocycles. The van der Waals surface area contributed by atoms with Gasteiger partial charge in [-0.3, -0.25) is 9.69 Å². The molecule has 2 unspecified atom stereocenters. The SMILES string of the molecule is CC.CC(C)C(=O)C1CCN(Cc2cnc(N3C4CCC3CN(C)C4)nc2)CC1. The van der Waals surface area contributed by atoms with Crippen LogP contribution < -0.4 is 4.90 Å². The van der Waals surface area contributed by atoms with E-state index < -0.39 is 0 Å². The molecule has 6 nitrogen and oxygen atoms in total. The van der Waals surface area contributed by atoms with Crippen molar-refractivity contribution in [1.29, 1.82) is 0 Å². The van der Waals surface area contributed by atoms with E-state index in [9.17, 15) is 4.79 Å². The maximum Gasteiger partial charge on any atom is 0.225 e. The molecule has 0 aliphatic carbocycles. The number of ketones is 1. The highest BCUT2D eigenvalue weighted by atomic mass is 16.1. The third-order valence-electron chi connectivity index (χ3n) is 6.55. The largest absolute Gasteiger partial charge is 0.332 e. The number of hydrogen-bond donors (Lipinski definition) is 0. The highest BCUT2D eigenvalue weighted by molar-refractivity contribution is 5.82. The van der Waals surface area contributed by atoms with Crippen LogP contribution >= 0.6 is 0 Å². The van der Waals surface area contributed by atoms with Crippen molar-refractivity contribution in [2.45, 2.75) is 72.0 Å². The van der Waals surface area contributed by atoms with Gasteiger partial charge in [0.1, 0.15) is 5.78 Å². The van der Waals surface area contributed by atoms with Crippen molar-refractivity contribution in [3.63, 3.8) is 0 Å². The predicted molar refractivity (Wildman–Crippen MR) is 118 cm³/mol. The van der Waals surface area contributed by atoms with Crippen LogP contribution in [0.3, 0.4) is 0 Å². The zero-order valence-corrected chi connectivity index (χ0v) is 19.0. The number of likely N-dealkylation sites (N-methyl/N-ethyl adjacent to an activating group) is 1. The fourth-order valence-electron chi connectivity index (χ4n) is 5.11. The van der Waals surface area contributed by atoms with E-state index in [4.69, 9.17) is 9.97 Å². The molecular formula is C23H39N5O. The van der Waals surface area contributed by atoms with Gasteiger partial charge >= 0.3 is 0 Å². The number of likely N-dealkylation sites (tertiary alicyclic amines) is 2. The molecule has 0 N–H and O–H groups in total. The first-order valence-electron chi connectivity index (χ1n) is 11.5. The number of carbonyl (C=O) groups is 1. The van der Waals surface area contributed by atoms with Gasteiger partial charge in [0.05, 0.1) is 0 Å². The maximum atomic E-state index is 12.2. The summed E-state index contributed by atoms with van der Waals surface area (Å²) in [5, 5.41) is 0. The standard InChI is InChI=1S/C21H33N5O.C2H6/c1-15(2)20(27)17-6-8-25(9-7-17)12-16-10-22-21(23-11-16)26-18-4-5-19(26)14-24(3)13-18;1-2/h10-11,15,17-19H,4-9,12-14H2,1-3H3;1-2H3. The van der Waals surface area contributed by atoms with Crippen molar-refractivity contribution in [2.24, 2.45) is 11.8 Å². The Morgan fingerprint density at radius 1 is 1.03 bits per heavy atom. The van der Waals surface area contributed by atoms with Crippen molar-refractivity contribution < 1.29 is 4.79 Å². The lowest BCUT2D eigenvalue weighted by Gasteiger charge is -2.39. The van der Waals surface area contributed by atoms with E-state index in [0.29, 0.717) is 17.9 Å². The van der Waals surface area contributed by atoms with Crippen LogP contribution in [0.25, 0.3) is 0 Å². The number of piperidine rings is 1. The van der Waals surface area contributed by atoms with Crippen LogP contribution in [0.1, 0.15) is 58.9 Å². The smallest absolute Gasteiger partial charge is 0.225 e. The van der Waals surface area contributed by atoms with Gasteiger partial charge in [-0.1, -0.05) is 27.7 Å². The van der Waals surface area contributed by atoms with Crippen LogP contribution in [0.15, 0.2) is 12.4 Å². The van der Waals surface area contributed by atoms with Crippen molar-refractivity contribution in [3.05, 3.63) is 18.0 Å². The molecule has 29 heavy (non-hydrogen) atoms. The van der Waals surface area contributed by atoms with Crippen molar-refractivity contribution >= 4 is 11.7 Å². The molecule has 1 aromatic heterocycles.